The minimum atomic E-state index is -1.07. The fourth-order valence-electron chi connectivity index (χ4n) is 3.30. The van der Waals surface area contributed by atoms with Crippen LogP contribution in [0, 0.1) is 23.2 Å². The Bertz CT molecular complexity index is 868. The van der Waals surface area contributed by atoms with E-state index in [1.807, 2.05) is 38.1 Å². The van der Waals surface area contributed by atoms with Crippen molar-refractivity contribution in [2.45, 2.75) is 46.0 Å². The predicted molar refractivity (Wildman–Crippen MR) is 109 cm³/mol. The molecule has 0 bridgehead atoms. The fourth-order valence-corrected chi connectivity index (χ4v) is 3.30. The lowest BCUT2D eigenvalue weighted by atomic mass is 9.98. The van der Waals surface area contributed by atoms with E-state index in [1.54, 1.807) is 0 Å². The molecule has 0 radical (unpaired) electrons. The van der Waals surface area contributed by atoms with Crippen LogP contribution in [0.5, 0.6) is 0 Å². The van der Waals surface area contributed by atoms with Gasteiger partial charge in [0, 0.05) is 13.1 Å². The van der Waals surface area contributed by atoms with Crippen LogP contribution in [0.4, 0.5) is 5.82 Å². The van der Waals surface area contributed by atoms with E-state index in [-0.39, 0.29) is 5.92 Å². The fraction of sp³-hybridized carbons (Fsp3) is 0.545. The number of piperidine rings is 1. The molecule has 0 saturated carbocycles. The Morgan fingerprint density at radius 2 is 1.93 bits per heavy atom. The van der Waals surface area contributed by atoms with E-state index in [1.165, 1.54) is 0 Å². The number of nitriles is 1. The molecule has 2 aromatic rings. The first-order valence-corrected chi connectivity index (χ1v) is 10.1. The van der Waals surface area contributed by atoms with Gasteiger partial charge in [0.2, 0.25) is 0 Å². The molecule has 0 amide bonds. The van der Waals surface area contributed by atoms with Crippen molar-refractivity contribution in [3.63, 3.8) is 0 Å². The largest absolute Gasteiger partial charge is 0.464 e. The van der Waals surface area contributed by atoms with Crippen LogP contribution in [0.15, 0.2) is 24.3 Å². The van der Waals surface area contributed by atoms with Gasteiger partial charge in [0.05, 0.1) is 23.7 Å². The first-order valence-electron chi connectivity index (χ1n) is 10.1. The second kappa shape index (κ2) is 9.01. The third-order valence-electron chi connectivity index (χ3n) is 5.51. The Morgan fingerprint density at radius 1 is 1.29 bits per heavy atom. The van der Waals surface area contributed by atoms with Gasteiger partial charge in [-0.25, -0.2) is 9.97 Å². The van der Waals surface area contributed by atoms with Crippen LogP contribution in [0.25, 0.3) is 11.0 Å². The number of carbonyl (C=O) groups is 1. The average molecular weight is 380 g/mol. The predicted octanol–water partition coefficient (Wildman–Crippen LogP) is 4.06. The number of ether oxygens (including phenoxy) is 1. The third kappa shape index (κ3) is 4.41. The maximum atomic E-state index is 12.7. The van der Waals surface area contributed by atoms with Crippen LogP contribution in [0.2, 0.25) is 0 Å². The summed E-state index contributed by atoms with van der Waals surface area (Å²) in [6.45, 7) is 8.32. The molecule has 2 atom stereocenters. The summed E-state index contributed by atoms with van der Waals surface area (Å²) >= 11 is 0. The third-order valence-corrected chi connectivity index (χ3v) is 5.51. The summed E-state index contributed by atoms with van der Waals surface area (Å²) in [5, 5.41) is 9.77. The summed E-state index contributed by atoms with van der Waals surface area (Å²) in [4.78, 5) is 24.3. The summed E-state index contributed by atoms with van der Waals surface area (Å²) < 4.78 is 5.43. The molecule has 6 nitrogen and oxygen atoms in total. The van der Waals surface area contributed by atoms with Crippen molar-refractivity contribution < 1.29 is 9.53 Å². The minimum absolute atomic E-state index is 0.258. The number of hydrogen-bond acceptors (Lipinski definition) is 6. The lowest BCUT2D eigenvalue weighted by Gasteiger charge is -2.32. The maximum absolute atomic E-state index is 12.7. The van der Waals surface area contributed by atoms with Gasteiger partial charge in [0.15, 0.2) is 11.7 Å². The number of fused-ring (bicyclic) bond motifs is 1. The number of rotatable bonds is 6. The molecule has 3 rings (SSSR count). The molecule has 148 valence electrons. The van der Waals surface area contributed by atoms with Crippen molar-refractivity contribution in [3.05, 3.63) is 30.0 Å². The second-order valence-electron chi connectivity index (χ2n) is 7.80. The van der Waals surface area contributed by atoms with Gasteiger partial charge in [-0.05, 0) is 36.8 Å². The Labute approximate surface area is 166 Å². The van der Waals surface area contributed by atoms with E-state index in [0.29, 0.717) is 29.6 Å². The Balaban J connectivity index is 1.97. The molecule has 6 heteroatoms. The summed E-state index contributed by atoms with van der Waals surface area (Å²) in [6.07, 6.45) is 3.03. The summed E-state index contributed by atoms with van der Waals surface area (Å²) in [5.41, 5.74) is 1.86. The first-order chi connectivity index (χ1) is 13.5. The molecule has 1 aromatic heterocycles. The van der Waals surface area contributed by atoms with E-state index < -0.39 is 11.9 Å². The zero-order valence-electron chi connectivity index (χ0n) is 16.9. The van der Waals surface area contributed by atoms with Crippen LogP contribution < -0.4 is 4.90 Å². The van der Waals surface area contributed by atoms with Crippen molar-refractivity contribution in [3.8, 4) is 6.07 Å². The molecule has 1 aromatic carbocycles. The molecule has 0 spiro atoms. The van der Waals surface area contributed by atoms with E-state index >= 15 is 0 Å². The normalized spacial score (nSPS) is 17.1. The van der Waals surface area contributed by atoms with Crippen LogP contribution in [-0.2, 0) is 9.53 Å². The van der Waals surface area contributed by atoms with E-state index in [0.717, 1.165) is 37.9 Å². The molecule has 1 aliphatic rings. The highest BCUT2D eigenvalue weighted by Gasteiger charge is 2.31. The van der Waals surface area contributed by atoms with Gasteiger partial charge in [-0.1, -0.05) is 39.3 Å². The molecule has 1 aliphatic heterocycles. The zero-order chi connectivity index (χ0) is 20.1. The van der Waals surface area contributed by atoms with Crippen LogP contribution in [-0.4, -0.2) is 35.6 Å². The zero-order valence-corrected chi connectivity index (χ0v) is 16.9. The molecular formula is C22H28N4O2. The maximum Gasteiger partial charge on any atom is 0.329 e. The number of esters is 1. The monoisotopic (exact) mass is 380 g/mol. The van der Waals surface area contributed by atoms with Crippen LogP contribution >= 0.6 is 0 Å². The van der Waals surface area contributed by atoms with Crippen molar-refractivity contribution in [1.29, 1.82) is 5.26 Å². The minimum Gasteiger partial charge on any atom is -0.464 e. The molecular weight excluding hydrogens is 352 g/mol. The molecule has 1 saturated heterocycles. The van der Waals surface area contributed by atoms with Crippen molar-refractivity contribution in [1.82, 2.24) is 9.97 Å². The molecule has 1 fully saturated rings. The second-order valence-corrected chi connectivity index (χ2v) is 7.80. The van der Waals surface area contributed by atoms with Crippen LogP contribution in [0.1, 0.15) is 51.6 Å². The Kier molecular flexibility index (Phi) is 6.45. The molecule has 0 unspecified atom stereocenters. The molecule has 0 aliphatic carbocycles. The standard InChI is InChI=1S/C22H28N4O2/c1-4-15(2)14-28-22(27)17(13-23)20-21(26-11-9-16(3)10-12-26)25-19-8-6-5-7-18(19)24-20/h5-8,15-17H,4,9-12,14H2,1-3H3/t15-,17+/m1/s1. The van der Waals surface area contributed by atoms with E-state index in [4.69, 9.17) is 9.72 Å². The van der Waals surface area contributed by atoms with Crippen molar-refractivity contribution in [2.24, 2.45) is 11.8 Å². The van der Waals surface area contributed by atoms with Crippen molar-refractivity contribution in [2.75, 3.05) is 24.6 Å². The quantitative estimate of drug-likeness (QED) is 0.703. The van der Waals surface area contributed by atoms with Gasteiger partial charge in [0.25, 0.3) is 0 Å². The first kappa shape index (κ1) is 20.1. The number of nitrogens with zero attached hydrogens (tertiary/aromatic N) is 4. The van der Waals surface area contributed by atoms with Gasteiger partial charge < -0.3 is 9.64 Å². The van der Waals surface area contributed by atoms with E-state index in [2.05, 4.69) is 22.9 Å². The number of para-hydroxylation sites is 2. The summed E-state index contributed by atoms with van der Waals surface area (Å²) in [5.74, 6) is -0.0541. The number of anilines is 1. The van der Waals surface area contributed by atoms with Gasteiger partial charge in [-0.2, -0.15) is 5.26 Å². The van der Waals surface area contributed by atoms with Gasteiger partial charge >= 0.3 is 5.97 Å². The molecule has 0 N–H and O–H groups in total. The number of hydrogen-bond donors (Lipinski definition) is 0. The van der Waals surface area contributed by atoms with E-state index in [9.17, 15) is 10.1 Å². The highest BCUT2D eigenvalue weighted by Crippen LogP contribution is 2.30. The highest BCUT2D eigenvalue weighted by molar-refractivity contribution is 5.85. The molecule has 2 heterocycles. The Hall–Kier alpha value is -2.68. The van der Waals surface area contributed by atoms with Crippen molar-refractivity contribution >= 4 is 22.8 Å². The average Bonchev–Trinajstić information content (AvgIpc) is 2.72. The van der Waals surface area contributed by atoms with Crippen LogP contribution in [0.3, 0.4) is 0 Å². The number of aromatic nitrogens is 2. The lowest BCUT2D eigenvalue weighted by Crippen LogP contribution is -2.35. The lowest BCUT2D eigenvalue weighted by molar-refractivity contribution is -0.145. The molecule has 28 heavy (non-hydrogen) atoms. The topological polar surface area (TPSA) is 79.1 Å². The Morgan fingerprint density at radius 3 is 2.54 bits per heavy atom. The smallest absolute Gasteiger partial charge is 0.329 e. The number of benzene rings is 1. The summed E-state index contributed by atoms with van der Waals surface area (Å²) in [6, 6.07) is 9.67. The summed E-state index contributed by atoms with van der Waals surface area (Å²) in [7, 11) is 0. The van der Waals surface area contributed by atoms with Gasteiger partial charge in [-0.15, -0.1) is 0 Å². The highest BCUT2D eigenvalue weighted by atomic mass is 16.5. The van der Waals surface area contributed by atoms with Gasteiger partial charge in [-0.3, -0.25) is 4.79 Å². The SMILES string of the molecule is CC[C@@H](C)COC(=O)[C@@H](C#N)c1nc2ccccc2nc1N1CCC(C)CC1. The number of carbonyl (C=O) groups excluding carboxylic acids is 1. The van der Waals surface area contributed by atoms with Gasteiger partial charge in [0.1, 0.15) is 5.69 Å².